The Morgan fingerprint density at radius 2 is 1.83 bits per heavy atom. The number of benzene rings is 3. The second-order valence-corrected chi connectivity index (χ2v) is 9.97. The second kappa shape index (κ2) is 8.04. The first-order chi connectivity index (χ1) is 14.2. The van der Waals surface area contributed by atoms with E-state index in [-0.39, 0.29) is 0 Å². The summed E-state index contributed by atoms with van der Waals surface area (Å²) in [6.07, 6.45) is 5.95. The first-order valence-corrected chi connectivity index (χ1v) is 12.0. The lowest BCUT2D eigenvalue weighted by atomic mass is 9.76. The molecule has 5 rings (SSSR count). The summed E-state index contributed by atoms with van der Waals surface area (Å²) in [7, 11) is 0. The van der Waals surface area contributed by atoms with Gasteiger partial charge in [-0.25, -0.2) is 0 Å². The number of hydrogen-bond donors (Lipinski definition) is 1. The maximum absolute atomic E-state index is 3.91. The molecule has 0 amide bonds. The van der Waals surface area contributed by atoms with Gasteiger partial charge in [0.2, 0.25) is 0 Å². The van der Waals surface area contributed by atoms with Crippen LogP contribution in [0.2, 0.25) is 0 Å². The van der Waals surface area contributed by atoms with Crippen LogP contribution in [0, 0.1) is 12.8 Å². The molecule has 3 heteroatoms. The highest BCUT2D eigenvalue weighted by atomic mass is 79.9. The fourth-order valence-corrected chi connectivity index (χ4v) is 5.84. The molecule has 3 aromatic rings. The number of anilines is 1. The number of aryl methyl sites for hydroxylation is 1. The van der Waals surface area contributed by atoms with E-state index >= 15 is 0 Å². The monoisotopic (exact) mass is 461 g/mol. The van der Waals surface area contributed by atoms with Crippen molar-refractivity contribution >= 4 is 33.4 Å². The largest absolute Gasteiger partial charge is 0.377 e. The van der Waals surface area contributed by atoms with Gasteiger partial charge in [-0.05, 0) is 65.8 Å². The number of halogens is 1. The molecule has 0 radical (unpaired) electrons. The molecule has 0 aromatic heterocycles. The zero-order valence-corrected chi connectivity index (χ0v) is 18.8. The Kier molecular flexibility index (Phi) is 5.28. The third kappa shape index (κ3) is 3.78. The van der Waals surface area contributed by atoms with Gasteiger partial charge in [0.1, 0.15) is 0 Å². The highest BCUT2D eigenvalue weighted by Crippen LogP contribution is 2.51. The first-order valence-electron chi connectivity index (χ1n) is 10.2. The minimum absolute atomic E-state index is 0.360. The van der Waals surface area contributed by atoms with Gasteiger partial charge in [0.15, 0.2) is 0 Å². The molecular formula is C26H24BrNS. The lowest BCUT2D eigenvalue weighted by Gasteiger charge is -2.38. The van der Waals surface area contributed by atoms with Gasteiger partial charge < -0.3 is 5.32 Å². The summed E-state index contributed by atoms with van der Waals surface area (Å²) in [5, 5.41) is 3.91. The van der Waals surface area contributed by atoms with Gasteiger partial charge in [0.25, 0.3) is 0 Å². The van der Waals surface area contributed by atoms with E-state index in [1.54, 1.807) is 0 Å². The number of thioether (sulfide) groups is 1. The van der Waals surface area contributed by atoms with Crippen LogP contribution in [0.4, 0.5) is 5.69 Å². The van der Waals surface area contributed by atoms with E-state index in [1.807, 2.05) is 11.8 Å². The summed E-state index contributed by atoms with van der Waals surface area (Å²) in [5.41, 5.74) is 6.95. The molecule has 0 fully saturated rings. The standard InChI is InChI=1S/C26H24BrNS/c1-17-14-18(16-29-21-6-3-2-4-7-21)15-24-22-8-5-9-23(22)26(28-25(17)24)19-10-12-20(27)13-11-19/h2-8,10-15,22-23,26,28H,9,16H2,1H3/t22-,23-,26+/m0/s1. The first kappa shape index (κ1) is 19.0. The summed E-state index contributed by atoms with van der Waals surface area (Å²) < 4.78 is 1.13. The molecule has 1 nitrogen and oxygen atoms in total. The van der Waals surface area contributed by atoms with Gasteiger partial charge in [-0.15, -0.1) is 11.8 Å². The van der Waals surface area contributed by atoms with E-state index in [0.29, 0.717) is 17.9 Å². The van der Waals surface area contributed by atoms with Crippen molar-refractivity contribution in [2.75, 3.05) is 5.32 Å². The van der Waals surface area contributed by atoms with Crippen LogP contribution in [0.1, 0.15) is 40.6 Å². The van der Waals surface area contributed by atoms with Gasteiger partial charge in [0.05, 0.1) is 6.04 Å². The van der Waals surface area contributed by atoms with E-state index in [4.69, 9.17) is 0 Å². The van der Waals surface area contributed by atoms with Crippen LogP contribution < -0.4 is 5.32 Å². The average molecular weight is 462 g/mol. The predicted octanol–water partition coefficient (Wildman–Crippen LogP) is 7.88. The van der Waals surface area contributed by atoms with Crippen molar-refractivity contribution in [3.8, 4) is 0 Å². The van der Waals surface area contributed by atoms with Crippen molar-refractivity contribution in [3.63, 3.8) is 0 Å². The Balaban J connectivity index is 1.46. The average Bonchev–Trinajstić information content (AvgIpc) is 3.24. The normalized spacial score (nSPS) is 22.1. The fourth-order valence-electron chi connectivity index (χ4n) is 4.73. The summed E-state index contributed by atoms with van der Waals surface area (Å²) in [5.74, 6) is 2.09. The molecule has 0 bridgehead atoms. The lowest BCUT2D eigenvalue weighted by Crippen LogP contribution is -2.29. The molecule has 1 N–H and O–H groups in total. The predicted molar refractivity (Wildman–Crippen MR) is 128 cm³/mol. The number of nitrogens with one attached hydrogen (secondary N) is 1. The minimum atomic E-state index is 0.360. The molecule has 3 aromatic carbocycles. The van der Waals surface area contributed by atoms with Gasteiger partial charge >= 0.3 is 0 Å². The molecule has 1 aliphatic heterocycles. The maximum atomic E-state index is 3.91. The molecule has 2 aliphatic rings. The smallest absolute Gasteiger partial charge is 0.0554 e. The van der Waals surface area contributed by atoms with Crippen LogP contribution in [0.5, 0.6) is 0 Å². The number of allylic oxidation sites excluding steroid dienone is 2. The fraction of sp³-hybridized carbons (Fsp3) is 0.231. The zero-order chi connectivity index (χ0) is 19.8. The highest BCUT2D eigenvalue weighted by molar-refractivity contribution is 9.10. The molecule has 0 saturated carbocycles. The van der Waals surface area contributed by atoms with Gasteiger partial charge in [-0.2, -0.15) is 0 Å². The van der Waals surface area contributed by atoms with E-state index < -0.39 is 0 Å². The Morgan fingerprint density at radius 3 is 2.62 bits per heavy atom. The van der Waals surface area contributed by atoms with Crippen LogP contribution in [0.15, 0.2) is 88.3 Å². The Hall–Kier alpha value is -1.97. The molecule has 3 atom stereocenters. The van der Waals surface area contributed by atoms with Gasteiger partial charge in [-0.1, -0.05) is 70.5 Å². The summed E-state index contributed by atoms with van der Waals surface area (Å²) in [4.78, 5) is 1.33. The summed E-state index contributed by atoms with van der Waals surface area (Å²) >= 11 is 5.48. The molecule has 0 saturated heterocycles. The molecule has 1 aliphatic carbocycles. The Labute approximate surface area is 185 Å². The van der Waals surface area contributed by atoms with E-state index in [0.717, 1.165) is 16.6 Å². The van der Waals surface area contributed by atoms with Crippen molar-refractivity contribution in [3.05, 3.63) is 106 Å². The zero-order valence-electron chi connectivity index (χ0n) is 16.4. The molecule has 0 unspecified atom stereocenters. The maximum Gasteiger partial charge on any atom is 0.0554 e. The van der Waals surface area contributed by atoms with Crippen molar-refractivity contribution < 1.29 is 0 Å². The minimum Gasteiger partial charge on any atom is -0.377 e. The van der Waals surface area contributed by atoms with E-state index in [9.17, 15) is 0 Å². The van der Waals surface area contributed by atoms with Crippen molar-refractivity contribution in [2.45, 2.75) is 36.0 Å². The molecule has 29 heavy (non-hydrogen) atoms. The molecule has 0 spiro atoms. The quantitative estimate of drug-likeness (QED) is 0.313. The van der Waals surface area contributed by atoms with Crippen LogP contribution >= 0.6 is 27.7 Å². The molecule has 1 heterocycles. The summed E-state index contributed by atoms with van der Waals surface area (Å²) in [6, 6.07) is 24.7. The highest BCUT2D eigenvalue weighted by Gasteiger charge is 2.38. The lowest BCUT2D eigenvalue weighted by molar-refractivity contribution is 0.425. The van der Waals surface area contributed by atoms with Crippen LogP contribution in [0.3, 0.4) is 0 Å². The van der Waals surface area contributed by atoms with E-state index in [2.05, 4.69) is 107 Å². The van der Waals surface area contributed by atoms with Crippen LogP contribution in [0.25, 0.3) is 0 Å². The second-order valence-electron chi connectivity index (χ2n) is 8.01. The van der Waals surface area contributed by atoms with Crippen LogP contribution in [-0.4, -0.2) is 0 Å². The van der Waals surface area contributed by atoms with Crippen molar-refractivity contribution in [1.82, 2.24) is 0 Å². The Bertz CT molecular complexity index is 1040. The van der Waals surface area contributed by atoms with Crippen LogP contribution in [-0.2, 0) is 5.75 Å². The summed E-state index contributed by atoms with van der Waals surface area (Å²) in [6.45, 7) is 2.25. The van der Waals surface area contributed by atoms with Gasteiger partial charge in [0, 0.05) is 26.7 Å². The van der Waals surface area contributed by atoms with Gasteiger partial charge in [-0.3, -0.25) is 0 Å². The SMILES string of the molecule is Cc1cc(CSc2ccccc2)cc2c1N[C@H](c1ccc(Br)cc1)[C@H]1CC=C[C@H]21. The van der Waals surface area contributed by atoms with Crippen molar-refractivity contribution in [2.24, 2.45) is 5.92 Å². The molecule has 146 valence electrons. The Morgan fingerprint density at radius 1 is 1.03 bits per heavy atom. The number of fused-ring (bicyclic) bond motifs is 3. The topological polar surface area (TPSA) is 12.0 Å². The number of hydrogen-bond acceptors (Lipinski definition) is 2. The third-order valence-corrected chi connectivity index (χ3v) is 7.72. The number of rotatable bonds is 4. The van der Waals surface area contributed by atoms with E-state index in [1.165, 1.54) is 32.8 Å². The third-order valence-electron chi connectivity index (χ3n) is 6.10. The van der Waals surface area contributed by atoms with Crippen molar-refractivity contribution in [1.29, 1.82) is 0 Å². The molecular weight excluding hydrogens is 438 g/mol.